The SMILES string of the molecule is CCCCC/C=C\C/C=C\CCCCCCCCC1(CCCCCCCCCCC/C=C\CCCCC)CC[C@@H]2CC[C@@H](N(C)C)C[C@H]2O1. The molecule has 49 heavy (non-hydrogen) atoms. The molecular formula is C47H87NO. The van der Waals surface area contributed by atoms with Crippen molar-refractivity contribution >= 4 is 0 Å². The molecule has 1 aliphatic carbocycles. The molecule has 1 saturated carbocycles. The summed E-state index contributed by atoms with van der Waals surface area (Å²) >= 11 is 0. The Balaban J connectivity index is 1.60. The van der Waals surface area contributed by atoms with Crippen molar-refractivity contribution in [2.75, 3.05) is 14.1 Å². The monoisotopic (exact) mass is 682 g/mol. The van der Waals surface area contributed by atoms with Crippen LogP contribution in [0.5, 0.6) is 0 Å². The third-order valence-electron chi connectivity index (χ3n) is 12.0. The van der Waals surface area contributed by atoms with Gasteiger partial charge in [0.2, 0.25) is 0 Å². The molecule has 0 aromatic carbocycles. The van der Waals surface area contributed by atoms with Crippen LogP contribution in [0.1, 0.15) is 226 Å². The Morgan fingerprint density at radius 1 is 0.510 bits per heavy atom. The lowest BCUT2D eigenvalue weighted by atomic mass is 9.73. The van der Waals surface area contributed by atoms with E-state index in [0.717, 1.165) is 12.3 Å². The van der Waals surface area contributed by atoms with Crippen molar-refractivity contribution in [2.24, 2.45) is 5.92 Å². The minimum Gasteiger partial charge on any atom is -0.371 e. The predicted octanol–water partition coefficient (Wildman–Crippen LogP) is 15.3. The lowest BCUT2D eigenvalue weighted by Gasteiger charge is -2.49. The Morgan fingerprint density at radius 3 is 1.41 bits per heavy atom. The van der Waals surface area contributed by atoms with Gasteiger partial charge in [0, 0.05) is 6.04 Å². The van der Waals surface area contributed by atoms with Crippen LogP contribution in [-0.4, -0.2) is 36.7 Å². The first-order valence-electron chi connectivity index (χ1n) is 22.4. The van der Waals surface area contributed by atoms with Crippen LogP contribution in [0.25, 0.3) is 0 Å². The van der Waals surface area contributed by atoms with E-state index in [0.29, 0.717) is 12.1 Å². The third kappa shape index (κ3) is 22.6. The van der Waals surface area contributed by atoms with Gasteiger partial charge in [-0.1, -0.05) is 159 Å². The molecule has 0 aromatic heterocycles. The van der Waals surface area contributed by atoms with Crippen LogP contribution >= 0.6 is 0 Å². The van der Waals surface area contributed by atoms with Gasteiger partial charge in [0.15, 0.2) is 0 Å². The van der Waals surface area contributed by atoms with Gasteiger partial charge in [-0.2, -0.15) is 0 Å². The number of ether oxygens (including phenoxy) is 1. The number of rotatable bonds is 32. The Labute approximate surface area is 308 Å². The van der Waals surface area contributed by atoms with Crippen molar-refractivity contribution in [3.63, 3.8) is 0 Å². The van der Waals surface area contributed by atoms with Crippen LogP contribution in [0.4, 0.5) is 0 Å². The van der Waals surface area contributed by atoms with Gasteiger partial charge in [0.05, 0.1) is 11.7 Å². The minimum atomic E-state index is 0.176. The Hall–Kier alpha value is -0.860. The topological polar surface area (TPSA) is 12.5 Å². The highest BCUT2D eigenvalue weighted by Crippen LogP contribution is 2.45. The standard InChI is InChI=1S/C47H87NO/c1-5-7-9-11-13-15-17-19-21-23-25-27-29-31-33-35-40-47(42-39-44-37-38-45(48(3)4)43-46(44)49-47)41-36-34-32-30-28-26-24-22-20-18-16-14-12-10-8-6-2/h13-16,19,21,44-46H,5-12,17-18,20,22-43H2,1-4H3/b15-13-,16-14-,21-19-/t44-,45+,46+,47?/m0/s1. The lowest BCUT2D eigenvalue weighted by Crippen LogP contribution is -2.50. The summed E-state index contributed by atoms with van der Waals surface area (Å²) in [6.07, 6.45) is 59.7. The lowest BCUT2D eigenvalue weighted by molar-refractivity contribution is -0.178. The molecule has 2 fully saturated rings. The van der Waals surface area contributed by atoms with E-state index in [1.54, 1.807) is 0 Å². The molecule has 0 radical (unpaired) electrons. The zero-order chi connectivity index (χ0) is 35.1. The van der Waals surface area contributed by atoms with E-state index in [4.69, 9.17) is 4.74 Å². The summed E-state index contributed by atoms with van der Waals surface area (Å²) < 4.78 is 7.26. The van der Waals surface area contributed by atoms with E-state index < -0.39 is 0 Å². The van der Waals surface area contributed by atoms with Crippen molar-refractivity contribution < 1.29 is 4.74 Å². The third-order valence-corrected chi connectivity index (χ3v) is 12.0. The van der Waals surface area contributed by atoms with Crippen molar-refractivity contribution in [3.8, 4) is 0 Å². The van der Waals surface area contributed by atoms with Crippen molar-refractivity contribution in [2.45, 2.75) is 243 Å². The van der Waals surface area contributed by atoms with E-state index in [9.17, 15) is 0 Å². The second-order valence-electron chi connectivity index (χ2n) is 16.6. The molecule has 286 valence electrons. The largest absolute Gasteiger partial charge is 0.371 e. The van der Waals surface area contributed by atoms with Gasteiger partial charge in [-0.3, -0.25) is 0 Å². The Morgan fingerprint density at radius 2 is 0.939 bits per heavy atom. The summed E-state index contributed by atoms with van der Waals surface area (Å²) in [7, 11) is 4.55. The fraction of sp³-hybridized carbons (Fsp3) is 0.872. The van der Waals surface area contributed by atoms with Crippen LogP contribution in [0.15, 0.2) is 36.5 Å². The van der Waals surface area contributed by atoms with E-state index >= 15 is 0 Å². The van der Waals surface area contributed by atoms with E-state index in [2.05, 4.69) is 69.3 Å². The zero-order valence-electron chi connectivity index (χ0n) is 33.9. The van der Waals surface area contributed by atoms with Gasteiger partial charge in [-0.25, -0.2) is 0 Å². The van der Waals surface area contributed by atoms with Gasteiger partial charge >= 0.3 is 0 Å². The molecule has 2 rings (SSSR count). The molecule has 0 bridgehead atoms. The number of unbranched alkanes of at least 4 members (excludes halogenated alkanes) is 21. The first-order chi connectivity index (χ1) is 24.1. The van der Waals surface area contributed by atoms with Crippen molar-refractivity contribution in [1.29, 1.82) is 0 Å². The molecule has 0 aromatic rings. The highest BCUT2D eigenvalue weighted by Gasteiger charge is 2.43. The quantitative estimate of drug-likeness (QED) is 0.0517. The average molecular weight is 682 g/mol. The fourth-order valence-corrected chi connectivity index (χ4v) is 8.57. The van der Waals surface area contributed by atoms with Crippen LogP contribution in [-0.2, 0) is 4.74 Å². The van der Waals surface area contributed by atoms with Gasteiger partial charge in [-0.05, 0) is 123 Å². The minimum absolute atomic E-state index is 0.176. The molecule has 1 aliphatic heterocycles. The van der Waals surface area contributed by atoms with Crippen LogP contribution in [0, 0.1) is 5.92 Å². The predicted molar refractivity (Wildman–Crippen MR) is 220 cm³/mol. The van der Waals surface area contributed by atoms with E-state index in [-0.39, 0.29) is 5.60 Å². The summed E-state index contributed by atoms with van der Waals surface area (Å²) in [5.41, 5.74) is 0.176. The summed E-state index contributed by atoms with van der Waals surface area (Å²) in [6, 6.07) is 0.714. The molecule has 2 heteroatoms. The van der Waals surface area contributed by atoms with Crippen LogP contribution in [0.2, 0.25) is 0 Å². The summed E-state index contributed by atoms with van der Waals surface area (Å²) in [4.78, 5) is 2.46. The van der Waals surface area contributed by atoms with E-state index in [1.807, 2.05) is 0 Å². The second-order valence-corrected chi connectivity index (χ2v) is 16.6. The summed E-state index contributed by atoms with van der Waals surface area (Å²) in [5.74, 6) is 0.821. The van der Waals surface area contributed by atoms with Crippen LogP contribution in [0.3, 0.4) is 0 Å². The molecule has 1 saturated heterocycles. The molecule has 0 N–H and O–H groups in total. The van der Waals surface area contributed by atoms with Gasteiger partial charge in [0.1, 0.15) is 0 Å². The first kappa shape index (κ1) is 44.3. The highest BCUT2D eigenvalue weighted by atomic mass is 16.5. The average Bonchev–Trinajstić information content (AvgIpc) is 3.11. The highest BCUT2D eigenvalue weighted by molar-refractivity contribution is 4.95. The van der Waals surface area contributed by atoms with Gasteiger partial charge in [0.25, 0.3) is 0 Å². The molecule has 1 heterocycles. The molecule has 2 nitrogen and oxygen atoms in total. The van der Waals surface area contributed by atoms with Gasteiger partial charge < -0.3 is 9.64 Å². The number of hydrogen-bond donors (Lipinski definition) is 0. The Kier molecular flexibility index (Phi) is 27.8. The number of hydrogen-bond acceptors (Lipinski definition) is 2. The van der Waals surface area contributed by atoms with Crippen LogP contribution < -0.4 is 0 Å². The van der Waals surface area contributed by atoms with Crippen molar-refractivity contribution in [3.05, 3.63) is 36.5 Å². The maximum atomic E-state index is 7.26. The maximum Gasteiger partial charge on any atom is 0.0686 e. The van der Waals surface area contributed by atoms with Gasteiger partial charge in [-0.15, -0.1) is 0 Å². The number of fused-ring (bicyclic) bond motifs is 1. The number of allylic oxidation sites excluding steroid dienone is 6. The molecule has 1 unspecified atom stereocenters. The summed E-state index contributed by atoms with van der Waals surface area (Å²) in [6.45, 7) is 4.57. The molecule has 2 aliphatic rings. The zero-order valence-corrected chi connectivity index (χ0v) is 33.9. The smallest absolute Gasteiger partial charge is 0.0686 e. The fourth-order valence-electron chi connectivity index (χ4n) is 8.57. The maximum absolute atomic E-state index is 7.26. The molecular weight excluding hydrogens is 595 g/mol. The molecule has 0 amide bonds. The normalized spacial score (nSPS) is 23.1. The summed E-state index contributed by atoms with van der Waals surface area (Å²) in [5, 5.41) is 0. The molecule has 0 spiro atoms. The number of nitrogens with zero attached hydrogens (tertiary/aromatic N) is 1. The second kappa shape index (κ2) is 30.7. The van der Waals surface area contributed by atoms with E-state index in [1.165, 1.54) is 205 Å². The first-order valence-corrected chi connectivity index (χ1v) is 22.4. The Bertz CT molecular complexity index is 813. The molecule has 4 atom stereocenters. The van der Waals surface area contributed by atoms with Crippen molar-refractivity contribution in [1.82, 2.24) is 4.90 Å².